The van der Waals surface area contributed by atoms with Crippen LogP contribution in [0.4, 0.5) is 0 Å². The smallest absolute Gasteiger partial charge is 0.00141 e. The minimum absolute atomic E-state index is 0. The summed E-state index contributed by atoms with van der Waals surface area (Å²) in [6.45, 7) is 2.10. The summed E-state index contributed by atoms with van der Waals surface area (Å²) in [5, 5.41) is 2.08. The molecule has 0 amide bonds. The largest absolute Gasteiger partial charge is 0.344 e. The lowest BCUT2D eigenvalue weighted by atomic mass is 10.5. The lowest BCUT2D eigenvalue weighted by Crippen LogP contribution is -1.42. The van der Waals surface area contributed by atoms with E-state index in [0.29, 0.717) is 0 Å². The molecule has 2 heteroatoms. The summed E-state index contributed by atoms with van der Waals surface area (Å²) in [5.41, 5.74) is 0. The van der Waals surface area contributed by atoms with Gasteiger partial charge in [0.15, 0.2) is 0 Å². The molecule has 40 valence electrons. The van der Waals surface area contributed by atoms with Crippen molar-refractivity contribution in [1.29, 1.82) is 0 Å². The Labute approximate surface area is 47.6 Å². The fourth-order valence-corrected chi connectivity index (χ4v) is 0.890. The van der Waals surface area contributed by atoms with Gasteiger partial charge >= 0.3 is 0 Å². The number of rotatable bonds is 0. The average Bonchev–Trinajstić information content (AvgIpc) is 1.86. The first kappa shape index (κ1) is 6.66. The molecule has 0 aromatic carbocycles. The number of hydrogen-bond acceptors (Lipinski definition) is 2. The minimum Gasteiger partial charge on any atom is -0.344 e. The predicted octanol–water partition coefficient (Wildman–Crippen LogP) is 2.22. The lowest BCUT2D eigenvalue weighted by Gasteiger charge is -1.65. The molecule has 0 aliphatic heterocycles. The molecule has 0 spiro atoms. The van der Waals surface area contributed by atoms with E-state index < -0.39 is 0 Å². The van der Waals surface area contributed by atoms with Crippen LogP contribution in [0.5, 0.6) is 0 Å². The van der Waals surface area contributed by atoms with Crippen LogP contribution in [0.2, 0.25) is 0 Å². The second-order valence-corrected chi connectivity index (χ2v) is 2.38. The number of hydrogen-bond donors (Lipinski definition) is 1. The van der Waals surface area contributed by atoms with E-state index >= 15 is 0 Å². The quantitative estimate of drug-likeness (QED) is 0.552. The van der Waals surface area contributed by atoms with Gasteiger partial charge in [0.2, 0.25) is 0 Å². The molecule has 1 rings (SSSR count). The highest BCUT2D eigenvalue weighted by atomic mass is 32.1. The first-order valence-electron chi connectivity index (χ1n) is 1.90. The fourth-order valence-electron chi connectivity index (χ4n) is 0.361. The van der Waals surface area contributed by atoms with Crippen molar-refractivity contribution in [2.24, 2.45) is 0 Å². The van der Waals surface area contributed by atoms with Gasteiger partial charge in [0, 0.05) is 4.88 Å². The molecule has 0 unspecified atom stereocenters. The highest BCUT2D eigenvalue weighted by molar-refractivity contribution is 7.09. The summed E-state index contributed by atoms with van der Waals surface area (Å²) in [5.74, 6) is 0. The van der Waals surface area contributed by atoms with E-state index in [1.165, 1.54) is 4.88 Å². The summed E-state index contributed by atoms with van der Waals surface area (Å²) in [6.07, 6.45) is 0. The molecule has 0 saturated carbocycles. The Balaban J connectivity index is 0.000000360. The third kappa shape index (κ3) is 1.71. The predicted molar refractivity (Wildman–Crippen MR) is 34.1 cm³/mol. The molecule has 1 nitrogen and oxygen atoms in total. The third-order valence-corrected chi connectivity index (χ3v) is 1.46. The van der Waals surface area contributed by atoms with Crippen LogP contribution in [0.3, 0.4) is 0 Å². The zero-order chi connectivity index (χ0) is 4.41. The van der Waals surface area contributed by atoms with Gasteiger partial charge in [-0.3, -0.25) is 0 Å². The van der Waals surface area contributed by atoms with Crippen molar-refractivity contribution in [3.63, 3.8) is 0 Å². The van der Waals surface area contributed by atoms with Gasteiger partial charge in [-0.05, 0) is 18.4 Å². The van der Waals surface area contributed by atoms with Gasteiger partial charge in [-0.2, -0.15) is 0 Å². The Morgan fingerprint density at radius 1 is 1.57 bits per heavy atom. The first-order valence-corrected chi connectivity index (χ1v) is 2.77. The summed E-state index contributed by atoms with van der Waals surface area (Å²) in [7, 11) is 0. The van der Waals surface area contributed by atoms with Crippen molar-refractivity contribution in [1.82, 2.24) is 6.15 Å². The van der Waals surface area contributed by atoms with E-state index in [9.17, 15) is 0 Å². The van der Waals surface area contributed by atoms with Crippen LogP contribution in [0, 0.1) is 6.92 Å². The molecule has 1 aromatic rings. The van der Waals surface area contributed by atoms with Gasteiger partial charge in [0.25, 0.3) is 0 Å². The van der Waals surface area contributed by atoms with Gasteiger partial charge in [0.1, 0.15) is 0 Å². The SMILES string of the molecule is Cc1cccs1.N. The summed E-state index contributed by atoms with van der Waals surface area (Å²) < 4.78 is 0. The van der Waals surface area contributed by atoms with Crippen LogP contribution in [0.1, 0.15) is 4.88 Å². The molecule has 0 bridgehead atoms. The standard InChI is InChI=1S/C5H6S.H3N/c1-5-3-2-4-6-5;/h2-4H,1H3;1H3. The van der Waals surface area contributed by atoms with Crippen LogP contribution in [0.25, 0.3) is 0 Å². The first-order chi connectivity index (χ1) is 2.89. The normalized spacial score (nSPS) is 7.57. The van der Waals surface area contributed by atoms with Crippen LogP contribution < -0.4 is 6.15 Å². The Hall–Kier alpha value is -0.340. The Bertz CT molecular complexity index is 112. The molecule has 1 heterocycles. The van der Waals surface area contributed by atoms with Gasteiger partial charge in [0.05, 0.1) is 0 Å². The molecule has 0 atom stereocenters. The molecule has 3 N–H and O–H groups in total. The maximum atomic E-state index is 2.10. The molecule has 0 saturated heterocycles. The third-order valence-electron chi connectivity index (χ3n) is 0.663. The minimum atomic E-state index is 0. The van der Waals surface area contributed by atoms with Crippen LogP contribution >= 0.6 is 11.3 Å². The van der Waals surface area contributed by atoms with E-state index in [-0.39, 0.29) is 6.15 Å². The van der Waals surface area contributed by atoms with Crippen LogP contribution in [-0.4, -0.2) is 0 Å². The monoisotopic (exact) mass is 115 g/mol. The molecular weight excluding hydrogens is 106 g/mol. The van der Waals surface area contributed by atoms with Crippen molar-refractivity contribution >= 4 is 11.3 Å². The zero-order valence-electron chi connectivity index (χ0n) is 4.35. The van der Waals surface area contributed by atoms with Gasteiger partial charge in [-0.25, -0.2) is 0 Å². The average molecular weight is 115 g/mol. The summed E-state index contributed by atoms with van der Waals surface area (Å²) >= 11 is 1.78. The summed E-state index contributed by atoms with van der Waals surface area (Å²) in [4.78, 5) is 1.38. The number of thiophene rings is 1. The van der Waals surface area contributed by atoms with Crippen molar-refractivity contribution in [3.8, 4) is 0 Å². The molecule has 1 aromatic heterocycles. The van der Waals surface area contributed by atoms with E-state index in [4.69, 9.17) is 0 Å². The van der Waals surface area contributed by atoms with E-state index in [1.54, 1.807) is 11.3 Å². The van der Waals surface area contributed by atoms with Crippen LogP contribution in [-0.2, 0) is 0 Å². The fraction of sp³-hybridized carbons (Fsp3) is 0.200. The molecule has 0 aliphatic carbocycles. The molecule has 7 heavy (non-hydrogen) atoms. The number of aryl methyl sites for hydroxylation is 1. The molecule has 0 radical (unpaired) electrons. The van der Waals surface area contributed by atoms with E-state index in [1.807, 2.05) is 0 Å². The van der Waals surface area contributed by atoms with Crippen molar-refractivity contribution in [3.05, 3.63) is 22.4 Å². The second kappa shape index (κ2) is 2.77. The molecule has 0 fully saturated rings. The second-order valence-electron chi connectivity index (χ2n) is 1.22. The Morgan fingerprint density at radius 3 is 2.43 bits per heavy atom. The van der Waals surface area contributed by atoms with Crippen molar-refractivity contribution in [2.75, 3.05) is 0 Å². The van der Waals surface area contributed by atoms with Crippen molar-refractivity contribution in [2.45, 2.75) is 6.92 Å². The van der Waals surface area contributed by atoms with Gasteiger partial charge < -0.3 is 6.15 Å². The molecular formula is C5H9NS. The van der Waals surface area contributed by atoms with Gasteiger partial charge in [-0.15, -0.1) is 11.3 Å². The van der Waals surface area contributed by atoms with E-state index in [0.717, 1.165) is 0 Å². The Morgan fingerprint density at radius 2 is 2.29 bits per heavy atom. The van der Waals surface area contributed by atoms with Crippen LogP contribution in [0.15, 0.2) is 17.5 Å². The lowest BCUT2D eigenvalue weighted by molar-refractivity contribution is 1.64. The topological polar surface area (TPSA) is 35.0 Å². The van der Waals surface area contributed by atoms with E-state index in [2.05, 4.69) is 24.4 Å². The maximum Gasteiger partial charge on any atom is 0.00141 e. The summed E-state index contributed by atoms with van der Waals surface area (Å²) in [6, 6.07) is 4.16. The molecule has 0 aliphatic rings. The Kier molecular flexibility index (Phi) is 2.64. The highest BCUT2D eigenvalue weighted by Crippen LogP contribution is 2.03. The van der Waals surface area contributed by atoms with Crippen molar-refractivity contribution < 1.29 is 0 Å². The maximum absolute atomic E-state index is 2.10. The highest BCUT2D eigenvalue weighted by Gasteiger charge is 1.74. The van der Waals surface area contributed by atoms with Gasteiger partial charge in [-0.1, -0.05) is 6.07 Å². The zero-order valence-corrected chi connectivity index (χ0v) is 5.16.